The van der Waals surface area contributed by atoms with Crippen LogP contribution >= 0.6 is 0 Å². The van der Waals surface area contributed by atoms with Crippen molar-refractivity contribution in [2.45, 2.75) is 13.5 Å². The van der Waals surface area contributed by atoms with E-state index in [1.54, 1.807) is 11.8 Å². The molecule has 0 amide bonds. The summed E-state index contributed by atoms with van der Waals surface area (Å²) in [4.78, 5) is 0. The number of hydrogen-bond donors (Lipinski definition) is 1. The fourth-order valence-corrected chi connectivity index (χ4v) is 1.74. The number of rotatable bonds is 4. The van der Waals surface area contributed by atoms with Crippen LogP contribution in [0.15, 0.2) is 30.3 Å². The van der Waals surface area contributed by atoms with Gasteiger partial charge in [-0.2, -0.15) is 5.10 Å². The van der Waals surface area contributed by atoms with Crippen LogP contribution in [0.3, 0.4) is 0 Å². The van der Waals surface area contributed by atoms with Crippen molar-refractivity contribution in [3.63, 3.8) is 0 Å². The van der Waals surface area contributed by atoms with Gasteiger partial charge >= 0.3 is 0 Å². The van der Waals surface area contributed by atoms with Crippen LogP contribution in [0.25, 0.3) is 0 Å². The van der Waals surface area contributed by atoms with Crippen molar-refractivity contribution in [3.05, 3.63) is 41.5 Å². The first-order chi connectivity index (χ1) is 8.19. The van der Waals surface area contributed by atoms with Crippen LogP contribution < -0.4 is 10.1 Å². The lowest BCUT2D eigenvalue weighted by Crippen LogP contribution is -2.01. The predicted molar refractivity (Wildman–Crippen MR) is 68.3 cm³/mol. The van der Waals surface area contributed by atoms with E-state index in [0.717, 1.165) is 18.2 Å². The fraction of sp³-hybridized carbons (Fsp3) is 0.308. The minimum atomic E-state index is 0.747. The molecule has 0 radical (unpaired) electrons. The molecule has 17 heavy (non-hydrogen) atoms. The van der Waals surface area contributed by atoms with Crippen LogP contribution in [0.4, 0.5) is 5.82 Å². The average Bonchev–Trinajstić information content (AvgIpc) is 2.67. The maximum atomic E-state index is 5.16. The topological polar surface area (TPSA) is 39.1 Å². The highest BCUT2D eigenvalue weighted by molar-refractivity contribution is 5.39. The molecule has 0 bridgehead atoms. The van der Waals surface area contributed by atoms with Gasteiger partial charge in [0.15, 0.2) is 5.82 Å². The van der Waals surface area contributed by atoms with Crippen molar-refractivity contribution < 1.29 is 4.74 Å². The summed E-state index contributed by atoms with van der Waals surface area (Å²) in [5.41, 5.74) is 2.51. The maximum Gasteiger partial charge on any atom is 0.213 e. The van der Waals surface area contributed by atoms with Gasteiger partial charge in [0.2, 0.25) is 5.88 Å². The molecule has 2 aromatic rings. The van der Waals surface area contributed by atoms with Crippen LogP contribution in [0.5, 0.6) is 5.88 Å². The molecule has 1 aromatic carbocycles. The lowest BCUT2D eigenvalue weighted by atomic mass is 10.1. The Morgan fingerprint density at radius 2 is 2.18 bits per heavy atom. The Labute approximate surface area is 101 Å². The molecular formula is C13H17N3O. The number of hydrogen-bond acceptors (Lipinski definition) is 3. The first-order valence-electron chi connectivity index (χ1n) is 5.56. The zero-order valence-corrected chi connectivity index (χ0v) is 10.4. The average molecular weight is 231 g/mol. The van der Waals surface area contributed by atoms with Gasteiger partial charge in [0.05, 0.1) is 7.11 Å². The van der Waals surface area contributed by atoms with E-state index in [1.807, 2.05) is 13.1 Å². The quantitative estimate of drug-likeness (QED) is 0.878. The highest BCUT2D eigenvalue weighted by atomic mass is 16.5. The molecule has 4 nitrogen and oxygen atoms in total. The van der Waals surface area contributed by atoms with E-state index in [9.17, 15) is 0 Å². The van der Waals surface area contributed by atoms with E-state index in [1.165, 1.54) is 11.1 Å². The van der Waals surface area contributed by atoms with E-state index < -0.39 is 0 Å². The number of anilines is 1. The van der Waals surface area contributed by atoms with Gasteiger partial charge in [-0.3, -0.25) is 0 Å². The molecule has 0 aliphatic heterocycles. The Morgan fingerprint density at radius 1 is 1.35 bits per heavy atom. The Kier molecular flexibility index (Phi) is 3.32. The SMILES string of the molecule is COc1cc(NCc2cccc(C)c2)nn1C. The summed E-state index contributed by atoms with van der Waals surface area (Å²) in [6.45, 7) is 2.86. The lowest BCUT2D eigenvalue weighted by Gasteiger charge is -2.03. The summed E-state index contributed by atoms with van der Waals surface area (Å²) in [5, 5.41) is 7.57. The third kappa shape index (κ3) is 2.78. The molecule has 0 aliphatic carbocycles. The van der Waals surface area contributed by atoms with E-state index in [2.05, 4.69) is 41.6 Å². The molecule has 0 unspecified atom stereocenters. The molecule has 0 saturated heterocycles. The molecule has 0 spiro atoms. The van der Waals surface area contributed by atoms with Gasteiger partial charge in [-0.05, 0) is 12.5 Å². The molecule has 0 saturated carbocycles. The number of methoxy groups -OCH3 is 1. The maximum absolute atomic E-state index is 5.16. The van der Waals surface area contributed by atoms with Crippen LogP contribution in [0, 0.1) is 6.92 Å². The summed E-state index contributed by atoms with van der Waals surface area (Å²) >= 11 is 0. The summed E-state index contributed by atoms with van der Waals surface area (Å²) in [6.07, 6.45) is 0. The Balaban J connectivity index is 2.02. The second-order valence-corrected chi connectivity index (χ2v) is 4.04. The number of nitrogens with one attached hydrogen (secondary N) is 1. The molecule has 4 heteroatoms. The molecule has 0 atom stereocenters. The van der Waals surface area contributed by atoms with E-state index in [-0.39, 0.29) is 0 Å². The second kappa shape index (κ2) is 4.91. The van der Waals surface area contributed by atoms with E-state index in [0.29, 0.717) is 0 Å². The first kappa shape index (κ1) is 11.5. The molecule has 0 fully saturated rings. The zero-order chi connectivity index (χ0) is 12.3. The van der Waals surface area contributed by atoms with Crippen molar-refractivity contribution in [3.8, 4) is 5.88 Å². The van der Waals surface area contributed by atoms with Crippen molar-refractivity contribution in [2.24, 2.45) is 7.05 Å². The number of nitrogens with zero attached hydrogens (tertiary/aromatic N) is 2. The van der Waals surface area contributed by atoms with Gasteiger partial charge in [0, 0.05) is 19.7 Å². The number of ether oxygens (including phenoxy) is 1. The fourth-order valence-electron chi connectivity index (χ4n) is 1.74. The van der Waals surface area contributed by atoms with E-state index in [4.69, 9.17) is 4.74 Å². The molecular weight excluding hydrogens is 214 g/mol. The van der Waals surface area contributed by atoms with Crippen molar-refractivity contribution in [1.82, 2.24) is 9.78 Å². The first-order valence-corrected chi connectivity index (χ1v) is 5.56. The smallest absolute Gasteiger partial charge is 0.213 e. The number of aromatic nitrogens is 2. The van der Waals surface area contributed by atoms with Crippen molar-refractivity contribution in [1.29, 1.82) is 0 Å². The van der Waals surface area contributed by atoms with Gasteiger partial charge in [-0.25, -0.2) is 4.68 Å². The number of aryl methyl sites for hydroxylation is 2. The predicted octanol–water partition coefficient (Wildman–Crippen LogP) is 2.35. The Bertz CT molecular complexity index is 505. The second-order valence-electron chi connectivity index (χ2n) is 4.04. The highest BCUT2D eigenvalue weighted by Crippen LogP contribution is 2.16. The lowest BCUT2D eigenvalue weighted by molar-refractivity contribution is 0.373. The molecule has 0 aliphatic rings. The number of benzene rings is 1. The van der Waals surface area contributed by atoms with Crippen molar-refractivity contribution in [2.75, 3.05) is 12.4 Å². The molecule has 1 heterocycles. The minimum absolute atomic E-state index is 0.747. The van der Waals surface area contributed by atoms with Gasteiger partial charge < -0.3 is 10.1 Å². The highest BCUT2D eigenvalue weighted by Gasteiger charge is 2.04. The minimum Gasteiger partial charge on any atom is -0.481 e. The Morgan fingerprint density at radius 3 is 2.82 bits per heavy atom. The van der Waals surface area contributed by atoms with E-state index >= 15 is 0 Å². The molecule has 1 N–H and O–H groups in total. The van der Waals surface area contributed by atoms with Gasteiger partial charge in [-0.15, -0.1) is 0 Å². The monoisotopic (exact) mass is 231 g/mol. The zero-order valence-electron chi connectivity index (χ0n) is 10.4. The summed E-state index contributed by atoms with van der Waals surface area (Å²) < 4.78 is 6.86. The van der Waals surface area contributed by atoms with Crippen LogP contribution in [0.1, 0.15) is 11.1 Å². The summed E-state index contributed by atoms with van der Waals surface area (Å²) in [6, 6.07) is 10.3. The molecule has 90 valence electrons. The summed E-state index contributed by atoms with van der Waals surface area (Å²) in [5.74, 6) is 1.57. The van der Waals surface area contributed by atoms with Gasteiger partial charge in [0.25, 0.3) is 0 Å². The third-order valence-corrected chi connectivity index (χ3v) is 2.60. The Hall–Kier alpha value is -1.97. The van der Waals surface area contributed by atoms with Crippen molar-refractivity contribution >= 4 is 5.82 Å². The summed E-state index contributed by atoms with van der Waals surface area (Å²) in [7, 11) is 3.50. The standard InChI is InChI=1S/C13H17N3O/c1-10-5-4-6-11(7-10)9-14-12-8-13(17-3)16(2)15-12/h4-8H,9H2,1-3H3,(H,14,15). The third-order valence-electron chi connectivity index (χ3n) is 2.60. The van der Waals surface area contributed by atoms with Crippen LogP contribution in [0.2, 0.25) is 0 Å². The normalized spacial score (nSPS) is 10.3. The van der Waals surface area contributed by atoms with Gasteiger partial charge in [0.1, 0.15) is 0 Å². The molecule has 2 rings (SSSR count). The largest absolute Gasteiger partial charge is 0.481 e. The van der Waals surface area contributed by atoms with Gasteiger partial charge in [-0.1, -0.05) is 29.8 Å². The van der Waals surface area contributed by atoms with Crippen LogP contribution in [-0.4, -0.2) is 16.9 Å². The van der Waals surface area contributed by atoms with Crippen LogP contribution in [-0.2, 0) is 13.6 Å². The molecule has 1 aromatic heterocycles.